The van der Waals surface area contributed by atoms with Crippen LogP contribution in [-0.2, 0) is 26.4 Å². The van der Waals surface area contributed by atoms with Crippen molar-refractivity contribution in [2.45, 2.75) is 55.2 Å². The summed E-state index contributed by atoms with van der Waals surface area (Å²) in [6.45, 7) is 3.78. The number of carbonyl (C=O) groups is 2. The number of methoxy groups -OCH3 is 1. The molecule has 1 heterocycles. The lowest BCUT2D eigenvalue weighted by Gasteiger charge is -2.26. The molecule has 0 saturated heterocycles. The first-order valence-electron chi connectivity index (χ1n) is 11.5. The third-order valence-electron chi connectivity index (χ3n) is 7.01. The molecule has 3 aromatic rings. The van der Waals surface area contributed by atoms with Crippen molar-refractivity contribution in [2.24, 2.45) is 7.05 Å². The first kappa shape index (κ1) is 25.3. The van der Waals surface area contributed by atoms with Crippen LogP contribution in [-0.4, -0.2) is 36.7 Å². The molecule has 9 heteroatoms. The van der Waals surface area contributed by atoms with Gasteiger partial charge in [0, 0.05) is 12.4 Å². The van der Waals surface area contributed by atoms with Gasteiger partial charge in [0.1, 0.15) is 5.69 Å². The molecule has 0 radical (unpaired) electrons. The average molecular weight is 517 g/mol. The van der Waals surface area contributed by atoms with E-state index in [9.17, 15) is 18.0 Å². The van der Waals surface area contributed by atoms with E-state index in [1.165, 1.54) is 19.2 Å². The highest BCUT2D eigenvalue weighted by molar-refractivity contribution is 7.93. The lowest BCUT2D eigenvalue weighted by atomic mass is 10.1. The van der Waals surface area contributed by atoms with Crippen molar-refractivity contribution in [2.75, 3.05) is 7.11 Å². The van der Waals surface area contributed by atoms with Gasteiger partial charge in [-0.05, 0) is 68.1 Å². The highest BCUT2D eigenvalue weighted by Crippen LogP contribution is 2.41. The van der Waals surface area contributed by atoms with Crippen LogP contribution in [0.2, 0.25) is 5.02 Å². The maximum absolute atomic E-state index is 13.4. The zero-order valence-electron chi connectivity index (χ0n) is 20.2. The normalized spacial score (nSPS) is 16.3. The number of benzene rings is 2. The Morgan fingerprint density at radius 3 is 2.34 bits per heavy atom. The van der Waals surface area contributed by atoms with Crippen LogP contribution in [0.15, 0.2) is 47.4 Å². The average Bonchev–Trinajstić information content (AvgIpc) is 3.45. The number of carbonyl (C=O) groups excluding carboxylic acids is 2. The van der Waals surface area contributed by atoms with Crippen molar-refractivity contribution in [3.05, 3.63) is 64.3 Å². The summed E-state index contributed by atoms with van der Waals surface area (Å²) in [5, 5.41) is 4.36. The van der Waals surface area contributed by atoms with E-state index in [0.717, 1.165) is 22.0 Å². The Morgan fingerprint density at radius 2 is 1.74 bits per heavy atom. The quantitative estimate of drug-likeness (QED) is 0.471. The number of aromatic nitrogens is 1. The van der Waals surface area contributed by atoms with E-state index in [0.29, 0.717) is 23.6 Å². The minimum Gasteiger partial charge on any atom is -0.468 e. The number of hydrogen-bond acceptors (Lipinski definition) is 5. The zero-order valence-corrected chi connectivity index (χ0v) is 21.8. The summed E-state index contributed by atoms with van der Waals surface area (Å²) in [4.78, 5) is 25.6. The topological polar surface area (TPSA) is 94.5 Å². The van der Waals surface area contributed by atoms with Gasteiger partial charge >= 0.3 is 5.97 Å². The van der Waals surface area contributed by atoms with Gasteiger partial charge in [-0.15, -0.1) is 0 Å². The number of ether oxygens (including phenoxy) is 1. The van der Waals surface area contributed by atoms with Gasteiger partial charge in [-0.25, -0.2) is 8.42 Å². The first-order valence-corrected chi connectivity index (χ1v) is 13.4. The van der Waals surface area contributed by atoms with Gasteiger partial charge in [-0.3, -0.25) is 9.59 Å². The second kappa shape index (κ2) is 9.32. The summed E-state index contributed by atoms with van der Waals surface area (Å²) in [5.74, 6) is -0.970. The van der Waals surface area contributed by atoms with Crippen molar-refractivity contribution in [3.63, 3.8) is 0 Å². The number of aryl methyl sites for hydroxylation is 2. The molecule has 0 bridgehead atoms. The Hall–Kier alpha value is -2.84. The second-order valence-electron chi connectivity index (χ2n) is 9.23. The van der Waals surface area contributed by atoms with Gasteiger partial charge in [-0.1, -0.05) is 36.6 Å². The van der Waals surface area contributed by atoms with Crippen molar-refractivity contribution in [3.8, 4) is 0 Å². The molecule has 2 aromatic carbocycles. The number of halogens is 1. The van der Waals surface area contributed by atoms with Crippen molar-refractivity contribution in [1.82, 2.24) is 9.88 Å². The Labute approximate surface area is 210 Å². The van der Waals surface area contributed by atoms with E-state index in [-0.39, 0.29) is 29.7 Å². The number of sulfone groups is 1. The second-order valence-corrected chi connectivity index (χ2v) is 11.9. The minimum atomic E-state index is -3.93. The predicted molar refractivity (Wildman–Crippen MR) is 135 cm³/mol. The molecule has 1 aromatic heterocycles. The van der Waals surface area contributed by atoms with E-state index >= 15 is 0 Å². The standard InChI is InChI=1S/C26H29ClN2O5S/c1-16-13-21(27)20-15-23(29(3)22(20)14-16)24(30)28-17(2)18-7-9-19(10-8-18)35(32,33)26(25(31)34-4)11-5-6-12-26/h7-10,13-15,17H,5-6,11-12H2,1-4H3,(H,28,30)/t17-/m1/s1. The molecule has 0 spiro atoms. The molecule has 1 aliphatic rings. The van der Waals surface area contributed by atoms with Gasteiger partial charge < -0.3 is 14.6 Å². The molecule has 35 heavy (non-hydrogen) atoms. The van der Waals surface area contributed by atoms with Crippen LogP contribution in [0.4, 0.5) is 0 Å². The Morgan fingerprint density at radius 1 is 1.11 bits per heavy atom. The molecule has 186 valence electrons. The molecule has 1 atom stereocenters. The van der Waals surface area contributed by atoms with Crippen LogP contribution in [0, 0.1) is 6.92 Å². The highest BCUT2D eigenvalue weighted by atomic mass is 35.5. The van der Waals surface area contributed by atoms with E-state index in [4.69, 9.17) is 16.3 Å². The minimum absolute atomic E-state index is 0.0748. The van der Waals surface area contributed by atoms with E-state index in [2.05, 4.69) is 5.32 Å². The number of esters is 1. The third kappa shape index (κ3) is 4.23. The maximum atomic E-state index is 13.4. The van der Waals surface area contributed by atoms with Crippen LogP contribution in [0.1, 0.15) is 60.3 Å². The number of rotatable bonds is 6. The van der Waals surface area contributed by atoms with Crippen LogP contribution < -0.4 is 5.32 Å². The SMILES string of the molecule is COC(=O)C1(S(=O)(=O)c2ccc([C@@H](C)NC(=O)c3cc4c(Cl)cc(C)cc4n3C)cc2)CCCC1. The molecular weight excluding hydrogens is 488 g/mol. The van der Waals surface area contributed by atoms with Crippen LogP contribution in [0.3, 0.4) is 0 Å². The summed E-state index contributed by atoms with van der Waals surface area (Å²) in [5.41, 5.74) is 3.09. The smallest absolute Gasteiger partial charge is 0.327 e. The summed E-state index contributed by atoms with van der Waals surface area (Å²) in [6, 6.07) is 11.6. The zero-order chi connectivity index (χ0) is 25.5. The Bertz CT molecular complexity index is 1400. The third-order valence-corrected chi connectivity index (χ3v) is 9.82. The van der Waals surface area contributed by atoms with Crippen LogP contribution in [0.5, 0.6) is 0 Å². The Balaban J connectivity index is 1.56. The molecule has 1 saturated carbocycles. The molecule has 0 aliphatic heterocycles. The lowest BCUT2D eigenvalue weighted by Crippen LogP contribution is -2.44. The Kier molecular flexibility index (Phi) is 6.72. The summed E-state index contributed by atoms with van der Waals surface area (Å²) >= 11 is 6.37. The summed E-state index contributed by atoms with van der Waals surface area (Å²) in [7, 11) is -0.891. The number of amides is 1. The molecule has 0 unspecified atom stereocenters. The highest BCUT2D eigenvalue weighted by Gasteiger charge is 2.54. The molecule has 1 amide bonds. The van der Waals surface area contributed by atoms with Gasteiger partial charge in [0.25, 0.3) is 5.91 Å². The molecular formula is C26H29ClN2O5S. The first-order chi connectivity index (χ1) is 16.5. The van der Waals surface area contributed by atoms with Crippen molar-refractivity contribution < 1.29 is 22.7 Å². The van der Waals surface area contributed by atoms with Gasteiger partial charge in [0.05, 0.1) is 28.6 Å². The maximum Gasteiger partial charge on any atom is 0.327 e. The fraction of sp³-hybridized carbons (Fsp3) is 0.385. The summed E-state index contributed by atoms with van der Waals surface area (Å²) in [6.07, 6.45) is 1.83. The van der Waals surface area contributed by atoms with Gasteiger partial charge in [-0.2, -0.15) is 0 Å². The molecule has 1 fully saturated rings. The number of nitrogens with one attached hydrogen (secondary N) is 1. The predicted octanol–water partition coefficient (Wildman–Crippen LogP) is 4.89. The molecule has 1 N–H and O–H groups in total. The number of nitrogens with zero attached hydrogens (tertiary/aromatic N) is 1. The number of fused-ring (bicyclic) bond motifs is 1. The van der Waals surface area contributed by atoms with Gasteiger partial charge in [0.15, 0.2) is 14.6 Å². The van der Waals surface area contributed by atoms with Crippen molar-refractivity contribution in [1.29, 1.82) is 0 Å². The molecule has 7 nitrogen and oxygen atoms in total. The largest absolute Gasteiger partial charge is 0.468 e. The van der Waals surface area contributed by atoms with E-state index < -0.39 is 20.6 Å². The molecule has 4 rings (SSSR count). The number of hydrogen-bond donors (Lipinski definition) is 1. The monoisotopic (exact) mass is 516 g/mol. The van der Waals surface area contributed by atoms with Crippen LogP contribution in [0.25, 0.3) is 10.9 Å². The van der Waals surface area contributed by atoms with Crippen molar-refractivity contribution >= 4 is 44.2 Å². The fourth-order valence-electron chi connectivity index (χ4n) is 4.97. The lowest BCUT2D eigenvalue weighted by molar-refractivity contribution is -0.143. The molecule has 1 aliphatic carbocycles. The van der Waals surface area contributed by atoms with Crippen LogP contribution >= 0.6 is 11.6 Å². The fourth-order valence-corrected chi connectivity index (χ4v) is 7.36. The van der Waals surface area contributed by atoms with E-state index in [1.807, 2.05) is 33.0 Å². The van der Waals surface area contributed by atoms with E-state index in [1.54, 1.807) is 22.8 Å². The summed E-state index contributed by atoms with van der Waals surface area (Å²) < 4.78 is 31.9. The van der Waals surface area contributed by atoms with Gasteiger partial charge in [0.2, 0.25) is 0 Å².